The van der Waals surface area contributed by atoms with Crippen LogP contribution in [0.25, 0.3) is 0 Å². The molecule has 1 aliphatic rings. The molecule has 0 bridgehead atoms. The molecule has 3 N–H and O–H groups in total. The molecule has 2 amide bonds. The van der Waals surface area contributed by atoms with E-state index >= 15 is 0 Å². The van der Waals surface area contributed by atoms with Crippen molar-refractivity contribution in [2.24, 2.45) is 0 Å². The van der Waals surface area contributed by atoms with Crippen molar-refractivity contribution >= 4 is 29.3 Å². The third kappa shape index (κ3) is 6.14. The van der Waals surface area contributed by atoms with Crippen LogP contribution in [0.4, 0.5) is 5.69 Å². The Labute approximate surface area is 146 Å². The predicted molar refractivity (Wildman–Crippen MR) is 95.4 cm³/mol. The second-order valence-corrected chi connectivity index (χ2v) is 6.74. The Bertz CT molecular complexity index is 547. The molecule has 7 heteroatoms. The number of nitrogens with one attached hydrogen (secondary N) is 2. The number of hydrogen-bond donors (Lipinski definition) is 3. The van der Waals surface area contributed by atoms with Gasteiger partial charge in [-0.1, -0.05) is 6.07 Å². The Morgan fingerprint density at radius 1 is 1.33 bits per heavy atom. The molecule has 0 spiro atoms. The average Bonchev–Trinajstić information content (AvgIpc) is 3.13. The lowest BCUT2D eigenvalue weighted by molar-refractivity contribution is -0.124. The van der Waals surface area contributed by atoms with Crippen molar-refractivity contribution in [1.29, 1.82) is 0 Å². The number of amides is 2. The minimum atomic E-state index is -0.390. The van der Waals surface area contributed by atoms with Gasteiger partial charge in [-0.2, -0.15) is 11.8 Å². The molecule has 132 valence electrons. The third-order valence-corrected chi connectivity index (χ3v) is 4.66. The third-order valence-electron chi connectivity index (χ3n) is 3.59. The van der Waals surface area contributed by atoms with E-state index in [0.717, 1.165) is 30.8 Å². The van der Waals surface area contributed by atoms with Gasteiger partial charge in [0.2, 0.25) is 0 Å². The van der Waals surface area contributed by atoms with Gasteiger partial charge in [0.25, 0.3) is 11.8 Å². The summed E-state index contributed by atoms with van der Waals surface area (Å²) in [7, 11) is 0. The van der Waals surface area contributed by atoms with Gasteiger partial charge in [0, 0.05) is 36.8 Å². The zero-order chi connectivity index (χ0) is 17.2. The Morgan fingerprint density at radius 2 is 2.21 bits per heavy atom. The summed E-state index contributed by atoms with van der Waals surface area (Å²) in [6.45, 7) is 1.39. The lowest BCUT2D eigenvalue weighted by Crippen LogP contribution is -2.28. The molecule has 1 heterocycles. The number of hydrogen-bond acceptors (Lipinski definition) is 5. The zero-order valence-corrected chi connectivity index (χ0v) is 14.4. The highest BCUT2D eigenvalue weighted by atomic mass is 32.2. The minimum Gasteiger partial charge on any atom is -0.396 e. The van der Waals surface area contributed by atoms with E-state index in [1.54, 1.807) is 36.0 Å². The summed E-state index contributed by atoms with van der Waals surface area (Å²) >= 11 is 1.70. The largest absolute Gasteiger partial charge is 0.396 e. The fourth-order valence-electron chi connectivity index (χ4n) is 2.35. The molecule has 0 saturated carbocycles. The maximum atomic E-state index is 12.1. The molecule has 1 aromatic carbocycles. The number of carbonyl (C=O) groups is 2. The Kier molecular flexibility index (Phi) is 8.07. The highest BCUT2D eigenvalue weighted by Crippen LogP contribution is 2.16. The summed E-state index contributed by atoms with van der Waals surface area (Å²) in [5.41, 5.74) is 1.11. The molecule has 1 aromatic rings. The van der Waals surface area contributed by atoms with Gasteiger partial charge < -0.3 is 20.5 Å². The first-order valence-electron chi connectivity index (χ1n) is 8.20. The van der Waals surface area contributed by atoms with Gasteiger partial charge in [0.1, 0.15) is 6.10 Å². The molecule has 6 nitrogen and oxygen atoms in total. The fraction of sp³-hybridized carbons (Fsp3) is 0.529. The maximum absolute atomic E-state index is 12.1. The summed E-state index contributed by atoms with van der Waals surface area (Å²) in [5.74, 6) is 1.37. The van der Waals surface area contributed by atoms with Gasteiger partial charge in [-0.05, 0) is 43.2 Å². The quantitative estimate of drug-likeness (QED) is 0.588. The van der Waals surface area contributed by atoms with Gasteiger partial charge in [-0.3, -0.25) is 9.59 Å². The van der Waals surface area contributed by atoms with Crippen LogP contribution in [-0.4, -0.2) is 54.3 Å². The minimum absolute atomic E-state index is 0.161. The molecule has 1 atom stereocenters. The fourth-order valence-corrected chi connectivity index (χ4v) is 3.14. The lowest BCUT2D eigenvalue weighted by atomic mass is 10.1. The zero-order valence-electron chi connectivity index (χ0n) is 13.6. The van der Waals surface area contributed by atoms with Crippen LogP contribution >= 0.6 is 11.8 Å². The van der Waals surface area contributed by atoms with Crippen LogP contribution in [0.3, 0.4) is 0 Å². The summed E-state index contributed by atoms with van der Waals surface area (Å²) in [5, 5.41) is 14.3. The SMILES string of the molecule is O=C(NCCSCCCO)c1cccc(NC(=O)[C@H]2CCCO2)c1. The van der Waals surface area contributed by atoms with E-state index in [0.29, 0.717) is 24.4 Å². The highest BCUT2D eigenvalue weighted by molar-refractivity contribution is 7.99. The van der Waals surface area contributed by atoms with Gasteiger partial charge in [0.15, 0.2) is 0 Å². The van der Waals surface area contributed by atoms with E-state index in [9.17, 15) is 9.59 Å². The highest BCUT2D eigenvalue weighted by Gasteiger charge is 2.23. The monoisotopic (exact) mass is 352 g/mol. The molecule has 0 unspecified atom stereocenters. The van der Waals surface area contributed by atoms with E-state index in [-0.39, 0.29) is 18.4 Å². The van der Waals surface area contributed by atoms with E-state index in [1.165, 1.54) is 0 Å². The van der Waals surface area contributed by atoms with Crippen molar-refractivity contribution in [3.05, 3.63) is 29.8 Å². The molecular formula is C17H24N2O4S. The average molecular weight is 352 g/mol. The first-order valence-corrected chi connectivity index (χ1v) is 9.35. The molecule has 0 aliphatic carbocycles. The normalized spacial score (nSPS) is 16.8. The van der Waals surface area contributed by atoms with Crippen molar-refractivity contribution < 1.29 is 19.4 Å². The summed E-state index contributed by atoms with van der Waals surface area (Å²) in [4.78, 5) is 24.2. The van der Waals surface area contributed by atoms with E-state index in [1.807, 2.05) is 0 Å². The van der Waals surface area contributed by atoms with Gasteiger partial charge >= 0.3 is 0 Å². The van der Waals surface area contributed by atoms with Gasteiger partial charge in [-0.25, -0.2) is 0 Å². The van der Waals surface area contributed by atoms with Crippen LogP contribution in [-0.2, 0) is 9.53 Å². The van der Waals surface area contributed by atoms with E-state index < -0.39 is 6.10 Å². The summed E-state index contributed by atoms with van der Waals surface area (Å²) in [6.07, 6.45) is 2.01. The number of aliphatic hydroxyl groups excluding tert-OH is 1. The predicted octanol–water partition coefficient (Wildman–Crippen LogP) is 1.65. The number of anilines is 1. The molecule has 1 aliphatic heterocycles. The van der Waals surface area contributed by atoms with Crippen LogP contribution in [0.2, 0.25) is 0 Å². The second kappa shape index (κ2) is 10.3. The molecule has 1 saturated heterocycles. The first kappa shape index (κ1) is 18.8. The summed E-state index contributed by atoms with van der Waals surface area (Å²) < 4.78 is 5.35. The Balaban J connectivity index is 1.78. The standard InChI is InChI=1S/C17H24N2O4S/c20-8-3-10-24-11-7-18-16(21)13-4-1-5-14(12-13)19-17(22)15-6-2-9-23-15/h1,4-5,12,15,20H,2-3,6-11H2,(H,18,21)(H,19,22)/t15-/m1/s1. The number of thioether (sulfide) groups is 1. The Morgan fingerprint density at radius 3 is 2.96 bits per heavy atom. The van der Waals surface area contributed by atoms with Crippen LogP contribution in [0.15, 0.2) is 24.3 Å². The van der Waals surface area contributed by atoms with E-state index in [4.69, 9.17) is 9.84 Å². The van der Waals surface area contributed by atoms with Crippen LogP contribution in [0, 0.1) is 0 Å². The van der Waals surface area contributed by atoms with Gasteiger partial charge in [-0.15, -0.1) is 0 Å². The first-order chi connectivity index (χ1) is 11.7. The maximum Gasteiger partial charge on any atom is 0.253 e. The van der Waals surface area contributed by atoms with E-state index in [2.05, 4.69) is 10.6 Å². The van der Waals surface area contributed by atoms with Gasteiger partial charge in [0.05, 0.1) is 0 Å². The van der Waals surface area contributed by atoms with Crippen molar-refractivity contribution in [2.75, 3.05) is 36.6 Å². The van der Waals surface area contributed by atoms with Crippen LogP contribution in [0.5, 0.6) is 0 Å². The second-order valence-electron chi connectivity index (χ2n) is 5.52. The smallest absolute Gasteiger partial charge is 0.253 e. The molecule has 1 fully saturated rings. The number of benzene rings is 1. The van der Waals surface area contributed by atoms with Crippen LogP contribution in [0.1, 0.15) is 29.6 Å². The topological polar surface area (TPSA) is 87.7 Å². The van der Waals surface area contributed by atoms with Crippen LogP contribution < -0.4 is 10.6 Å². The van der Waals surface area contributed by atoms with Crippen molar-refractivity contribution in [2.45, 2.75) is 25.4 Å². The number of rotatable bonds is 9. The summed E-state index contributed by atoms with van der Waals surface area (Å²) in [6, 6.07) is 6.89. The number of aliphatic hydroxyl groups is 1. The van der Waals surface area contributed by atoms with Crippen molar-refractivity contribution in [3.63, 3.8) is 0 Å². The molecule has 2 rings (SSSR count). The molecule has 24 heavy (non-hydrogen) atoms. The molecular weight excluding hydrogens is 328 g/mol. The number of ether oxygens (including phenoxy) is 1. The number of carbonyl (C=O) groups excluding carboxylic acids is 2. The molecule has 0 radical (unpaired) electrons. The Hall–Kier alpha value is -1.57. The molecule has 0 aromatic heterocycles. The lowest BCUT2D eigenvalue weighted by Gasteiger charge is -2.11. The van der Waals surface area contributed by atoms with Crippen molar-refractivity contribution in [1.82, 2.24) is 5.32 Å². The van der Waals surface area contributed by atoms with Crippen molar-refractivity contribution in [3.8, 4) is 0 Å².